The van der Waals surface area contributed by atoms with Crippen LogP contribution < -0.4 is 10.1 Å². The average Bonchev–Trinajstić information content (AvgIpc) is 2.69. The van der Waals surface area contributed by atoms with Crippen LogP contribution in [0, 0.1) is 5.82 Å². The number of benzene rings is 2. The van der Waals surface area contributed by atoms with Crippen molar-refractivity contribution in [3.8, 4) is 5.75 Å². The third-order valence-corrected chi connectivity index (χ3v) is 4.88. The Morgan fingerprint density at radius 1 is 1.14 bits per heavy atom. The zero-order valence-corrected chi connectivity index (χ0v) is 17.1. The molecule has 1 atom stereocenters. The van der Waals surface area contributed by atoms with E-state index in [1.54, 1.807) is 18.2 Å². The Morgan fingerprint density at radius 3 is 2.39 bits per heavy atom. The van der Waals surface area contributed by atoms with Crippen LogP contribution >= 0.6 is 23.2 Å². The predicted molar refractivity (Wildman–Crippen MR) is 107 cm³/mol. The Balaban J connectivity index is 2.20. The molecule has 0 aliphatic carbocycles. The van der Waals surface area contributed by atoms with Crippen molar-refractivity contribution in [2.45, 2.75) is 25.9 Å². The Kier molecular flexibility index (Phi) is 8.08. The van der Waals surface area contributed by atoms with Gasteiger partial charge in [0.15, 0.2) is 6.61 Å². The van der Waals surface area contributed by atoms with E-state index in [1.165, 1.54) is 36.2 Å². The van der Waals surface area contributed by atoms with Gasteiger partial charge in [-0.05, 0) is 48.4 Å². The normalized spacial score (nSPS) is 11.6. The molecule has 8 heteroatoms. The van der Waals surface area contributed by atoms with Crippen LogP contribution in [0.15, 0.2) is 42.5 Å². The van der Waals surface area contributed by atoms with Gasteiger partial charge >= 0.3 is 0 Å². The van der Waals surface area contributed by atoms with Crippen molar-refractivity contribution in [2.75, 3.05) is 13.7 Å². The van der Waals surface area contributed by atoms with Crippen LogP contribution in [0.3, 0.4) is 0 Å². The van der Waals surface area contributed by atoms with Crippen LogP contribution in [0.25, 0.3) is 0 Å². The number of carbonyl (C=O) groups is 2. The lowest BCUT2D eigenvalue weighted by atomic mass is 10.1. The predicted octanol–water partition coefficient (Wildman–Crippen LogP) is 4.06. The molecule has 0 bridgehead atoms. The number of nitrogens with zero attached hydrogens (tertiary/aromatic N) is 1. The number of halogens is 3. The minimum atomic E-state index is -0.677. The van der Waals surface area contributed by atoms with Crippen LogP contribution in [-0.2, 0) is 16.1 Å². The van der Waals surface area contributed by atoms with Crippen LogP contribution in [0.1, 0.15) is 18.9 Å². The summed E-state index contributed by atoms with van der Waals surface area (Å²) >= 11 is 12.0. The van der Waals surface area contributed by atoms with Crippen molar-refractivity contribution in [3.05, 3.63) is 63.9 Å². The van der Waals surface area contributed by atoms with E-state index in [-0.39, 0.29) is 25.0 Å². The molecule has 28 heavy (non-hydrogen) atoms. The first-order valence-corrected chi connectivity index (χ1v) is 9.44. The maximum Gasteiger partial charge on any atom is 0.261 e. The molecule has 0 radical (unpaired) electrons. The van der Waals surface area contributed by atoms with Crippen molar-refractivity contribution < 1.29 is 18.7 Å². The minimum Gasteiger partial charge on any atom is -0.484 e. The van der Waals surface area contributed by atoms with Gasteiger partial charge in [-0.1, -0.05) is 36.2 Å². The number of hydrogen-bond donors (Lipinski definition) is 1. The van der Waals surface area contributed by atoms with Crippen molar-refractivity contribution in [3.63, 3.8) is 0 Å². The standard InChI is InChI=1S/C20H21Cl2FN2O3/c1-3-18(20(27)24-2)25(11-13-4-9-16(21)17(22)10-13)19(26)12-28-15-7-5-14(23)6-8-15/h4-10,18H,3,11-12H2,1-2H3,(H,24,27)/t18-/m1/s1. The van der Waals surface area contributed by atoms with Crippen molar-refractivity contribution >= 4 is 35.0 Å². The molecule has 0 fully saturated rings. The van der Waals surface area contributed by atoms with E-state index < -0.39 is 11.9 Å². The monoisotopic (exact) mass is 426 g/mol. The summed E-state index contributed by atoms with van der Waals surface area (Å²) in [6.45, 7) is 1.69. The summed E-state index contributed by atoms with van der Waals surface area (Å²) in [5.74, 6) is -0.702. The molecule has 150 valence electrons. The van der Waals surface area contributed by atoms with E-state index in [0.717, 1.165) is 5.56 Å². The molecular weight excluding hydrogens is 406 g/mol. The van der Waals surface area contributed by atoms with E-state index in [0.29, 0.717) is 22.2 Å². The number of ether oxygens (including phenoxy) is 1. The highest BCUT2D eigenvalue weighted by atomic mass is 35.5. The lowest BCUT2D eigenvalue weighted by molar-refractivity contribution is -0.142. The molecule has 0 heterocycles. The fourth-order valence-corrected chi connectivity index (χ4v) is 3.00. The summed E-state index contributed by atoms with van der Waals surface area (Å²) < 4.78 is 18.5. The summed E-state index contributed by atoms with van der Waals surface area (Å²) in [5, 5.41) is 3.34. The third kappa shape index (κ3) is 5.84. The highest BCUT2D eigenvalue weighted by molar-refractivity contribution is 6.42. The highest BCUT2D eigenvalue weighted by Crippen LogP contribution is 2.24. The smallest absolute Gasteiger partial charge is 0.261 e. The van der Waals surface area contributed by atoms with E-state index in [2.05, 4.69) is 5.32 Å². The molecule has 1 N–H and O–H groups in total. The molecule has 2 aromatic carbocycles. The van der Waals surface area contributed by atoms with Gasteiger partial charge in [0, 0.05) is 13.6 Å². The van der Waals surface area contributed by atoms with Gasteiger partial charge in [-0.2, -0.15) is 0 Å². The van der Waals surface area contributed by atoms with Gasteiger partial charge < -0.3 is 15.0 Å². The average molecular weight is 427 g/mol. The SMILES string of the molecule is CC[C@H](C(=O)NC)N(Cc1ccc(Cl)c(Cl)c1)C(=O)COc1ccc(F)cc1. The van der Waals surface area contributed by atoms with Gasteiger partial charge in [0.1, 0.15) is 17.6 Å². The van der Waals surface area contributed by atoms with Crippen molar-refractivity contribution in [1.29, 1.82) is 0 Å². The van der Waals surface area contributed by atoms with E-state index >= 15 is 0 Å². The molecule has 0 aliphatic heterocycles. The molecule has 2 aromatic rings. The quantitative estimate of drug-likeness (QED) is 0.691. The number of likely N-dealkylation sites (N-methyl/N-ethyl adjacent to an activating group) is 1. The van der Waals surface area contributed by atoms with Gasteiger partial charge in [-0.25, -0.2) is 4.39 Å². The first kappa shape index (κ1) is 22.0. The van der Waals surface area contributed by atoms with Crippen molar-refractivity contribution in [2.24, 2.45) is 0 Å². The molecule has 0 saturated carbocycles. The first-order chi connectivity index (χ1) is 13.3. The third-order valence-electron chi connectivity index (χ3n) is 4.15. The summed E-state index contributed by atoms with van der Waals surface area (Å²) in [6.07, 6.45) is 0.420. The second-order valence-electron chi connectivity index (χ2n) is 6.05. The number of amides is 2. The highest BCUT2D eigenvalue weighted by Gasteiger charge is 2.28. The minimum absolute atomic E-state index is 0.161. The molecule has 0 aromatic heterocycles. The Bertz CT molecular complexity index is 831. The fourth-order valence-electron chi connectivity index (χ4n) is 2.68. The van der Waals surface area contributed by atoms with Gasteiger partial charge in [-0.3, -0.25) is 9.59 Å². The molecule has 2 amide bonds. The summed E-state index contributed by atoms with van der Waals surface area (Å²) in [7, 11) is 1.52. The molecular formula is C20H21Cl2FN2O3. The van der Waals surface area contributed by atoms with Gasteiger partial charge in [0.25, 0.3) is 5.91 Å². The van der Waals surface area contributed by atoms with Crippen LogP contribution in [0.4, 0.5) is 4.39 Å². The van der Waals surface area contributed by atoms with Crippen LogP contribution in [-0.4, -0.2) is 36.4 Å². The molecule has 2 rings (SSSR count). The molecule has 0 spiro atoms. The Labute approximate surface area is 173 Å². The van der Waals surface area contributed by atoms with Gasteiger partial charge in [0.05, 0.1) is 10.0 Å². The number of nitrogens with one attached hydrogen (secondary N) is 1. The van der Waals surface area contributed by atoms with Crippen LogP contribution in [0.2, 0.25) is 10.0 Å². The fraction of sp³-hybridized carbons (Fsp3) is 0.300. The van der Waals surface area contributed by atoms with Gasteiger partial charge in [0.2, 0.25) is 5.91 Å². The van der Waals surface area contributed by atoms with E-state index in [1.807, 2.05) is 6.92 Å². The number of carbonyl (C=O) groups excluding carboxylic acids is 2. The van der Waals surface area contributed by atoms with Gasteiger partial charge in [-0.15, -0.1) is 0 Å². The zero-order chi connectivity index (χ0) is 20.7. The second kappa shape index (κ2) is 10.3. The lowest BCUT2D eigenvalue weighted by Crippen LogP contribution is -2.49. The van der Waals surface area contributed by atoms with E-state index in [4.69, 9.17) is 27.9 Å². The lowest BCUT2D eigenvalue weighted by Gasteiger charge is -2.30. The van der Waals surface area contributed by atoms with Crippen LogP contribution in [0.5, 0.6) is 5.75 Å². The largest absolute Gasteiger partial charge is 0.484 e. The first-order valence-electron chi connectivity index (χ1n) is 8.69. The summed E-state index contributed by atoms with van der Waals surface area (Å²) in [4.78, 5) is 26.6. The van der Waals surface area contributed by atoms with Crippen molar-refractivity contribution in [1.82, 2.24) is 10.2 Å². The second-order valence-corrected chi connectivity index (χ2v) is 6.87. The summed E-state index contributed by atoms with van der Waals surface area (Å²) in [6, 6.07) is 9.71. The molecule has 0 saturated heterocycles. The zero-order valence-electron chi connectivity index (χ0n) is 15.5. The molecule has 0 aliphatic rings. The summed E-state index contributed by atoms with van der Waals surface area (Å²) in [5.41, 5.74) is 0.729. The van der Waals surface area contributed by atoms with E-state index in [9.17, 15) is 14.0 Å². The Hall–Kier alpha value is -2.31. The maximum atomic E-state index is 13.0. The topological polar surface area (TPSA) is 58.6 Å². The number of rotatable bonds is 8. The Morgan fingerprint density at radius 2 is 1.82 bits per heavy atom. The molecule has 5 nitrogen and oxygen atoms in total. The molecule has 0 unspecified atom stereocenters. The number of hydrogen-bond acceptors (Lipinski definition) is 3. The maximum absolute atomic E-state index is 13.0.